The van der Waals surface area contributed by atoms with Gasteiger partial charge < -0.3 is 5.73 Å². The van der Waals surface area contributed by atoms with E-state index < -0.39 is 22.0 Å². The zero-order valence-electron chi connectivity index (χ0n) is 10.5. The molecule has 0 aliphatic carbocycles. The summed E-state index contributed by atoms with van der Waals surface area (Å²) >= 11 is 0. The Hall–Kier alpha value is -1.40. The highest BCUT2D eigenvalue weighted by atomic mass is 32.2. The first-order valence-corrected chi connectivity index (χ1v) is 7.23. The molecule has 0 spiro atoms. The largest absolute Gasteiger partial charge is 0.368 e. The van der Waals surface area contributed by atoms with E-state index in [9.17, 15) is 13.2 Å². The molecule has 0 radical (unpaired) electrons. The molecular formula is C12H18N2O3S. The van der Waals surface area contributed by atoms with E-state index in [0.717, 1.165) is 0 Å². The van der Waals surface area contributed by atoms with Gasteiger partial charge >= 0.3 is 0 Å². The highest BCUT2D eigenvalue weighted by Crippen LogP contribution is 2.13. The van der Waals surface area contributed by atoms with Gasteiger partial charge in [-0.1, -0.05) is 38.5 Å². The molecule has 2 atom stereocenters. The molecule has 2 unspecified atom stereocenters. The molecular weight excluding hydrogens is 252 g/mol. The Kier molecular flexibility index (Phi) is 4.86. The fraction of sp³-hybridized carbons (Fsp3) is 0.417. The zero-order valence-corrected chi connectivity index (χ0v) is 11.3. The SMILES string of the molecule is CCC(C)C(NS(=O)(=O)c1ccccc1)C(N)=O. The number of nitrogens with two attached hydrogens (primary N) is 1. The molecule has 0 aliphatic heterocycles. The molecule has 1 amide bonds. The van der Waals surface area contributed by atoms with Crippen LogP contribution in [0, 0.1) is 5.92 Å². The number of rotatable bonds is 6. The molecule has 5 nitrogen and oxygen atoms in total. The van der Waals surface area contributed by atoms with Gasteiger partial charge in [-0.15, -0.1) is 0 Å². The number of hydrogen-bond donors (Lipinski definition) is 2. The molecule has 0 fully saturated rings. The molecule has 1 aromatic carbocycles. The Balaban J connectivity index is 2.97. The third kappa shape index (κ3) is 3.54. The molecule has 18 heavy (non-hydrogen) atoms. The standard InChI is InChI=1S/C12H18N2O3S/c1-3-9(2)11(12(13)15)14-18(16,17)10-7-5-4-6-8-10/h4-9,11,14H,3H2,1-2H3,(H2,13,15). The second-order valence-corrected chi connectivity index (χ2v) is 5.91. The van der Waals surface area contributed by atoms with Crippen LogP contribution in [0.3, 0.4) is 0 Å². The van der Waals surface area contributed by atoms with Crippen molar-refractivity contribution in [2.75, 3.05) is 0 Å². The van der Waals surface area contributed by atoms with Gasteiger partial charge in [0.25, 0.3) is 0 Å². The van der Waals surface area contributed by atoms with Crippen LogP contribution in [0.15, 0.2) is 35.2 Å². The average Bonchev–Trinajstić information content (AvgIpc) is 2.36. The van der Waals surface area contributed by atoms with E-state index in [1.165, 1.54) is 12.1 Å². The van der Waals surface area contributed by atoms with Crippen LogP contribution < -0.4 is 10.5 Å². The molecule has 0 saturated heterocycles. The van der Waals surface area contributed by atoms with Crippen LogP contribution >= 0.6 is 0 Å². The molecule has 0 saturated carbocycles. The van der Waals surface area contributed by atoms with Crippen molar-refractivity contribution in [3.63, 3.8) is 0 Å². The lowest BCUT2D eigenvalue weighted by atomic mass is 10.00. The molecule has 100 valence electrons. The molecule has 1 rings (SSSR count). The minimum atomic E-state index is -3.71. The molecule has 0 bridgehead atoms. The summed E-state index contributed by atoms with van der Waals surface area (Å²) in [6.07, 6.45) is 0.658. The Morgan fingerprint density at radius 3 is 2.33 bits per heavy atom. The first-order valence-electron chi connectivity index (χ1n) is 5.75. The molecule has 0 aliphatic rings. The molecule has 6 heteroatoms. The zero-order chi connectivity index (χ0) is 13.8. The van der Waals surface area contributed by atoms with E-state index in [0.29, 0.717) is 6.42 Å². The lowest BCUT2D eigenvalue weighted by Gasteiger charge is -2.20. The fourth-order valence-corrected chi connectivity index (χ4v) is 2.86. The number of nitrogens with one attached hydrogen (secondary N) is 1. The number of benzene rings is 1. The molecule has 0 aromatic heterocycles. The summed E-state index contributed by atoms with van der Waals surface area (Å²) in [6.45, 7) is 3.65. The maximum absolute atomic E-state index is 12.0. The highest BCUT2D eigenvalue weighted by molar-refractivity contribution is 7.89. The summed E-state index contributed by atoms with van der Waals surface area (Å²) in [4.78, 5) is 11.4. The van der Waals surface area contributed by atoms with Crippen molar-refractivity contribution in [1.82, 2.24) is 4.72 Å². The third-order valence-electron chi connectivity index (χ3n) is 2.86. The number of amides is 1. The van der Waals surface area contributed by atoms with Crippen molar-refractivity contribution in [2.45, 2.75) is 31.2 Å². The van der Waals surface area contributed by atoms with Crippen molar-refractivity contribution in [2.24, 2.45) is 11.7 Å². The van der Waals surface area contributed by atoms with E-state index in [1.807, 2.05) is 6.92 Å². The summed E-state index contributed by atoms with van der Waals surface area (Å²) in [6, 6.07) is 7.02. The predicted molar refractivity (Wildman–Crippen MR) is 69.2 cm³/mol. The van der Waals surface area contributed by atoms with Crippen LogP contribution in [0.5, 0.6) is 0 Å². The minimum Gasteiger partial charge on any atom is -0.368 e. The normalized spacial score (nSPS) is 15.0. The Morgan fingerprint density at radius 1 is 1.33 bits per heavy atom. The van der Waals surface area contributed by atoms with Crippen LogP contribution in [0.4, 0.5) is 0 Å². The monoisotopic (exact) mass is 270 g/mol. The fourth-order valence-electron chi connectivity index (χ4n) is 1.53. The number of hydrogen-bond acceptors (Lipinski definition) is 3. The molecule has 1 aromatic rings. The number of sulfonamides is 1. The van der Waals surface area contributed by atoms with Gasteiger partial charge in [-0.05, 0) is 18.1 Å². The maximum atomic E-state index is 12.0. The smallest absolute Gasteiger partial charge is 0.241 e. The molecule has 0 heterocycles. The van der Waals surface area contributed by atoms with Crippen LogP contribution in [0.2, 0.25) is 0 Å². The number of carbonyl (C=O) groups is 1. The first kappa shape index (κ1) is 14.7. The van der Waals surface area contributed by atoms with E-state index in [-0.39, 0.29) is 10.8 Å². The van der Waals surface area contributed by atoms with Crippen molar-refractivity contribution in [3.8, 4) is 0 Å². The van der Waals surface area contributed by atoms with Crippen molar-refractivity contribution in [1.29, 1.82) is 0 Å². The first-order chi connectivity index (χ1) is 8.38. The second kappa shape index (κ2) is 5.97. The summed E-state index contributed by atoms with van der Waals surface area (Å²) < 4.78 is 26.5. The van der Waals surface area contributed by atoms with Crippen molar-refractivity contribution < 1.29 is 13.2 Å². The van der Waals surface area contributed by atoms with E-state index in [4.69, 9.17) is 5.73 Å². The lowest BCUT2D eigenvalue weighted by molar-refractivity contribution is -0.120. The van der Waals surface area contributed by atoms with Crippen LogP contribution in [0.25, 0.3) is 0 Å². The number of carbonyl (C=O) groups excluding carboxylic acids is 1. The van der Waals surface area contributed by atoms with Gasteiger partial charge in [-0.25, -0.2) is 8.42 Å². The Bertz CT molecular complexity index is 499. The van der Waals surface area contributed by atoms with E-state index >= 15 is 0 Å². The topological polar surface area (TPSA) is 89.3 Å². The van der Waals surface area contributed by atoms with Gasteiger partial charge in [-0.2, -0.15) is 4.72 Å². The summed E-state index contributed by atoms with van der Waals surface area (Å²) in [5, 5.41) is 0. The van der Waals surface area contributed by atoms with E-state index in [2.05, 4.69) is 4.72 Å². The van der Waals surface area contributed by atoms with Gasteiger partial charge in [-0.3, -0.25) is 4.79 Å². The summed E-state index contributed by atoms with van der Waals surface area (Å²) in [5.41, 5.74) is 5.23. The van der Waals surface area contributed by atoms with Gasteiger partial charge in [0, 0.05) is 0 Å². The Morgan fingerprint density at radius 2 is 1.89 bits per heavy atom. The summed E-state index contributed by atoms with van der Waals surface area (Å²) in [5.74, 6) is -0.815. The predicted octanol–water partition coefficient (Wildman–Crippen LogP) is 0.865. The quantitative estimate of drug-likeness (QED) is 0.803. The second-order valence-electron chi connectivity index (χ2n) is 4.20. The number of primary amides is 1. The lowest BCUT2D eigenvalue weighted by Crippen LogP contribution is -2.48. The van der Waals surface area contributed by atoms with Crippen LogP contribution in [-0.2, 0) is 14.8 Å². The molecule has 3 N–H and O–H groups in total. The highest BCUT2D eigenvalue weighted by Gasteiger charge is 2.27. The van der Waals surface area contributed by atoms with Gasteiger partial charge in [0.15, 0.2) is 0 Å². The maximum Gasteiger partial charge on any atom is 0.241 e. The van der Waals surface area contributed by atoms with Gasteiger partial charge in [0.1, 0.15) is 6.04 Å². The third-order valence-corrected chi connectivity index (χ3v) is 4.31. The van der Waals surface area contributed by atoms with Crippen molar-refractivity contribution in [3.05, 3.63) is 30.3 Å². The van der Waals surface area contributed by atoms with Gasteiger partial charge in [0.2, 0.25) is 15.9 Å². The van der Waals surface area contributed by atoms with Crippen molar-refractivity contribution >= 4 is 15.9 Å². The summed E-state index contributed by atoms with van der Waals surface area (Å²) in [7, 11) is -3.71. The van der Waals surface area contributed by atoms with Gasteiger partial charge in [0.05, 0.1) is 4.90 Å². The Labute approximate surface area is 107 Å². The minimum absolute atomic E-state index is 0.125. The van der Waals surface area contributed by atoms with E-state index in [1.54, 1.807) is 25.1 Å². The van der Waals surface area contributed by atoms with Crippen LogP contribution in [0.1, 0.15) is 20.3 Å². The van der Waals surface area contributed by atoms with Crippen LogP contribution in [-0.4, -0.2) is 20.4 Å². The average molecular weight is 270 g/mol.